The van der Waals surface area contributed by atoms with Gasteiger partial charge in [0.05, 0.1) is 22.4 Å². The van der Waals surface area contributed by atoms with Crippen molar-refractivity contribution < 1.29 is 14.6 Å². The summed E-state index contributed by atoms with van der Waals surface area (Å²) in [7, 11) is 0. The maximum absolute atomic E-state index is 10.4. The maximum Gasteiger partial charge on any atom is 0.341 e. The molecule has 1 aromatic carbocycles. The van der Waals surface area contributed by atoms with E-state index in [1.165, 1.54) is 0 Å². The zero-order valence-electron chi connectivity index (χ0n) is 9.60. The SMILES string of the molecule is Cc1nc2ccc(OCC(=O)O)cc2nc1C. The lowest BCUT2D eigenvalue weighted by molar-refractivity contribution is -0.139. The summed E-state index contributed by atoms with van der Waals surface area (Å²) in [6.07, 6.45) is 0. The van der Waals surface area contributed by atoms with Crippen LogP contribution < -0.4 is 4.74 Å². The Hall–Kier alpha value is -2.17. The standard InChI is InChI=1S/C12H12N2O3/c1-7-8(2)14-11-5-9(17-6-12(15)16)3-4-10(11)13-7/h3-5H,6H2,1-2H3,(H,15,16). The Labute approximate surface area is 98.1 Å². The van der Waals surface area contributed by atoms with Gasteiger partial charge in [0.2, 0.25) is 0 Å². The molecule has 88 valence electrons. The quantitative estimate of drug-likeness (QED) is 0.872. The number of carbonyl (C=O) groups is 1. The van der Waals surface area contributed by atoms with Crippen LogP contribution in [0.5, 0.6) is 5.75 Å². The van der Waals surface area contributed by atoms with E-state index in [4.69, 9.17) is 9.84 Å². The molecule has 0 aliphatic carbocycles. The Balaban J connectivity index is 2.36. The molecule has 5 nitrogen and oxygen atoms in total. The van der Waals surface area contributed by atoms with E-state index >= 15 is 0 Å². The fourth-order valence-corrected chi connectivity index (χ4v) is 1.45. The van der Waals surface area contributed by atoms with Crippen molar-refractivity contribution >= 4 is 17.0 Å². The summed E-state index contributed by atoms with van der Waals surface area (Å²) < 4.78 is 5.08. The minimum atomic E-state index is -1.00. The van der Waals surface area contributed by atoms with Gasteiger partial charge in [0.15, 0.2) is 6.61 Å². The Morgan fingerprint density at radius 1 is 1.24 bits per heavy atom. The highest BCUT2D eigenvalue weighted by Crippen LogP contribution is 2.19. The van der Waals surface area contributed by atoms with Crippen LogP contribution in [0, 0.1) is 13.8 Å². The first-order valence-electron chi connectivity index (χ1n) is 5.16. The molecule has 5 heteroatoms. The summed E-state index contributed by atoms with van der Waals surface area (Å²) >= 11 is 0. The van der Waals surface area contributed by atoms with E-state index in [-0.39, 0.29) is 6.61 Å². The average Bonchev–Trinajstić information content (AvgIpc) is 2.28. The van der Waals surface area contributed by atoms with Crippen LogP contribution in [0.4, 0.5) is 0 Å². The number of aliphatic carboxylic acids is 1. The van der Waals surface area contributed by atoms with Gasteiger partial charge in [0.1, 0.15) is 5.75 Å². The van der Waals surface area contributed by atoms with E-state index in [2.05, 4.69) is 9.97 Å². The molecule has 0 spiro atoms. The van der Waals surface area contributed by atoms with Crippen molar-refractivity contribution in [1.82, 2.24) is 9.97 Å². The number of hydrogen-bond donors (Lipinski definition) is 1. The molecule has 0 aliphatic heterocycles. The molecule has 0 bridgehead atoms. The van der Waals surface area contributed by atoms with Crippen LogP contribution in [0.1, 0.15) is 11.4 Å². The Bertz CT molecular complexity index is 581. The van der Waals surface area contributed by atoms with Crippen molar-refractivity contribution in [3.8, 4) is 5.75 Å². The molecule has 0 aliphatic rings. The summed E-state index contributed by atoms with van der Waals surface area (Å²) in [6, 6.07) is 5.15. The molecule has 17 heavy (non-hydrogen) atoms. The van der Waals surface area contributed by atoms with Gasteiger partial charge in [-0.2, -0.15) is 0 Å². The van der Waals surface area contributed by atoms with Gasteiger partial charge in [-0.15, -0.1) is 0 Å². The summed E-state index contributed by atoms with van der Waals surface area (Å²) in [5, 5.41) is 8.52. The third kappa shape index (κ3) is 2.50. The van der Waals surface area contributed by atoms with Crippen LogP contribution in [-0.4, -0.2) is 27.7 Å². The zero-order valence-corrected chi connectivity index (χ0v) is 9.60. The third-order valence-electron chi connectivity index (χ3n) is 2.41. The molecule has 2 rings (SSSR count). The van der Waals surface area contributed by atoms with Gasteiger partial charge >= 0.3 is 5.97 Å². The second-order valence-electron chi connectivity index (χ2n) is 3.73. The average molecular weight is 232 g/mol. The van der Waals surface area contributed by atoms with Gasteiger partial charge in [-0.05, 0) is 26.0 Å². The van der Waals surface area contributed by atoms with Crippen molar-refractivity contribution in [2.45, 2.75) is 13.8 Å². The van der Waals surface area contributed by atoms with E-state index in [9.17, 15) is 4.79 Å². The number of carboxylic acid groups (broad SMARTS) is 1. The number of fused-ring (bicyclic) bond motifs is 1. The number of rotatable bonds is 3. The lowest BCUT2D eigenvalue weighted by atomic mass is 10.2. The minimum absolute atomic E-state index is 0.357. The van der Waals surface area contributed by atoms with Crippen LogP contribution >= 0.6 is 0 Å². The van der Waals surface area contributed by atoms with E-state index in [1.807, 2.05) is 13.8 Å². The van der Waals surface area contributed by atoms with Gasteiger partial charge in [0.25, 0.3) is 0 Å². The number of benzene rings is 1. The highest BCUT2D eigenvalue weighted by atomic mass is 16.5. The molecule has 0 fully saturated rings. The number of hydrogen-bond acceptors (Lipinski definition) is 4. The number of aromatic nitrogens is 2. The van der Waals surface area contributed by atoms with Crippen LogP contribution in [0.3, 0.4) is 0 Å². The summed E-state index contributed by atoms with van der Waals surface area (Å²) in [5.41, 5.74) is 3.22. The first-order valence-corrected chi connectivity index (χ1v) is 5.16. The molecule has 0 saturated heterocycles. The van der Waals surface area contributed by atoms with Crippen molar-refractivity contribution in [1.29, 1.82) is 0 Å². The van der Waals surface area contributed by atoms with Gasteiger partial charge < -0.3 is 9.84 Å². The number of aryl methyl sites for hydroxylation is 2. The molecule has 0 amide bonds. The van der Waals surface area contributed by atoms with Gasteiger partial charge in [0, 0.05) is 6.07 Å². The molecule has 1 N–H and O–H groups in total. The molecular formula is C12H12N2O3. The van der Waals surface area contributed by atoms with E-state index in [1.54, 1.807) is 18.2 Å². The molecule has 0 unspecified atom stereocenters. The number of carboxylic acids is 1. The Morgan fingerprint density at radius 2 is 1.88 bits per heavy atom. The number of nitrogens with zero attached hydrogens (tertiary/aromatic N) is 2. The molecular weight excluding hydrogens is 220 g/mol. The van der Waals surface area contributed by atoms with Crippen LogP contribution in [0.2, 0.25) is 0 Å². The molecule has 1 aromatic heterocycles. The predicted molar refractivity (Wildman–Crippen MR) is 62.1 cm³/mol. The fraction of sp³-hybridized carbons (Fsp3) is 0.250. The maximum atomic E-state index is 10.4. The lowest BCUT2D eigenvalue weighted by Gasteiger charge is -2.05. The molecule has 0 radical (unpaired) electrons. The molecule has 1 heterocycles. The van der Waals surface area contributed by atoms with Crippen LogP contribution in [0.15, 0.2) is 18.2 Å². The third-order valence-corrected chi connectivity index (χ3v) is 2.41. The highest BCUT2D eigenvalue weighted by molar-refractivity contribution is 5.76. The Morgan fingerprint density at radius 3 is 2.53 bits per heavy atom. The molecule has 2 aromatic rings. The topological polar surface area (TPSA) is 72.3 Å². The summed E-state index contributed by atoms with van der Waals surface area (Å²) in [5.74, 6) is -0.520. The highest BCUT2D eigenvalue weighted by Gasteiger charge is 2.04. The van der Waals surface area contributed by atoms with Crippen molar-refractivity contribution in [3.63, 3.8) is 0 Å². The van der Waals surface area contributed by atoms with Gasteiger partial charge in [-0.25, -0.2) is 14.8 Å². The first kappa shape index (κ1) is 11.3. The fourth-order valence-electron chi connectivity index (χ4n) is 1.45. The molecule has 0 saturated carbocycles. The largest absolute Gasteiger partial charge is 0.482 e. The van der Waals surface area contributed by atoms with E-state index < -0.39 is 5.97 Å². The second-order valence-corrected chi connectivity index (χ2v) is 3.73. The first-order chi connectivity index (χ1) is 8.06. The summed E-state index contributed by atoms with van der Waals surface area (Å²) in [6.45, 7) is 3.42. The Kier molecular flexibility index (Phi) is 2.91. The normalized spacial score (nSPS) is 10.5. The summed E-state index contributed by atoms with van der Waals surface area (Å²) in [4.78, 5) is 19.1. The van der Waals surface area contributed by atoms with Gasteiger partial charge in [-0.3, -0.25) is 0 Å². The monoisotopic (exact) mass is 232 g/mol. The van der Waals surface area contributed by atoms with Crippen LogP contribution in [-0.2, 0) is 4.79 Å². The second kappa shape index (κ2) is 4.37. The van der Waals surface area contributed by atoms with Crippen LogP contribution in [0.25, 0.3) is 11.0 Å². The number of ether oxygens (including phenoxy) is 1. The van der Waals surface area contributed by atoms with E-state index in [0.717, 1.165) is 16.9 Å². The zero-order chi connectivity index (χ0) is 12.4. The predicted octanol–water partition coefficient (Wildman–Crippen LogP) is 1.71. The van der Waals surface area contributed by atoms with Gasteiger partial charge in [-0.1, -0.05) is 0 Å². The van der Waals surface area contributed by atoms with Crippen molar-refractivity contribution in [2.24, 2.45) is 0 Å². The minimum Gasteiger partial charge on any atom is -0.482 e. The van der Waals surface area contributed by atoms with Crippen molar-refractivity contribution in [2.75, 3.05) is 6.61 Å². The lowest BCUT2D eigenvalue weighted by Crippen LogP contribution is -2.09. The smallest absolute Gasteiger partial charge is 0.341 e. The van der Waals surface area contributed by atoms with E-state index in [0.29, 0.717) is 11.3 Å². The molecule has 0 atom stereocenters. The van der Waals surface area contributed by atoms with Crippen molar-refractivity contribution in [3.05, 3.63) is 29.6 Å².